The van der Waals surface area contributed by atoms with E-state index in [1.807, 2.05) is 54.6 Å². The van der Waals surface area contributed by atoms with Crippen LogP contribution in [0.15, 0.2) is 59.6 Å². The molecular weight excluding hydrogens is 449 g/mol. The van der Waals surface area contributed by atoms with E-state index in [1.165, 1.54) is 16.7 Å². The van der Waals surface area contributed by atoms with Gasteiger partial charge in [0.15, 0.2) is 5.17 Å². The summed E-state index contributed by atoms with van der Waals surface area (Å²) in [5.41, 5.74) is 1.51. The van der Waals surface area contributed by atoms with E-state index >= 15 is 0 Å². The molecule has 0 radical (unpaired) electrons. The van der Waals surface area contributed by atoms with Crippen molar-refractivity contribution in [3.05, 3.63) is 58.2 Å². The van der Waals surface area contributed by atoms with Gasteiger partial charge in [-0.05, 0) is 59.0 Å². The molecule has 0 saturated carbocycles. The molecular formula is C18H16IN3O2S. The third kappa shape index (κ3) is 4.60. The first-order valence-electron chi connectivity index (χ1n) is 7.66. The Morgan fingerprint density at radius 1 is 1.20 bits per heavy atom. The summed E-state index contributed by atoms with van der Waals surface area (Å²) < 4.78 is 1.13. The van der Waals surface area contributed by atoms with Gasteiger partial charge in [-0.2, -0.15) is 0 Å². The van der Waals surface area contributed by atoms with E-state index in [4.69, 9.17) is 0 Å². The zero-order valence-corrected chi connectivity index (χ0v) is 16.5. The second-order valence-corrected chi connectivity index (χ2v) is 7.91. The Morgan fingerprint density at radius 2 is 1.88 bits per heavy atom. The summed E-state index contributed by atoms with van der Waals surface area (Å²) in [6.45, 7) is 0. The van der Waals surface area contributed by atoms with Gasteiger partial charge in [-0.1, -0.05) is 30.0 Å². The van der Waals surface area contributed by atoms with Crippen LogP contribution in [0.25, 0.3) is 0 Å². The minimum Gasteiger partial charge on any atom is -0.326 e. The van der Waals surface area contributed by atoms with Crippen molar-refractivity contribution in [1.29, 1.82) is 0 Å². The molecule has 0 spiro atoms. The van der Waals surface area contributed by atoms with Crippen molar-refractivity contribution in [2.75, 3.05) is 12.4 Å². The lowest BCUT2D eigenvalue weighted by atomic mass is 10.2. The van der Waals surface area contributed by atoms with Crippen LogP contribution >= 0.6 is 34.4 Å². The Hall–Kier alpha value is -1.87. The number of nitrogens with one attached hydrogen (secondary N) is 1. The van der Waals surface area contributed by atoms with Crippen LogP contribution in [0, 0.1) is 3.57 Å². The fourth-order valence-electron chi connectivity index (χ4n) is 2.33. The molecule has 5 nitrogen and oxygen atoms in total. The first kappa shape index (κ1) is 17.9. The summed E-state index contributed by atoms with van der Waals surface area (Å²) in [7, 11) is 1.69. The van der Waals surface area contributed by atoms with Crippen molar-refractivity contribution in [2.24, 2.45) is 4.99 Å². The van der Waals surface area contributed by atoms with Crippen molar-refractivity contribution in [2.45, 2.75) is 11.7 Å². The van der Waals surface area contributed by atoms with Crippen LogP contribution in [-0.4, -0.2) is 34.2 Å². The average Bonchev–Trinajstić information content (AvgIpc) is 2.86. The number of benzene rings is 2. The Balaban J connectivity index is 1.66. The predicted molar refractivity (Wildman–Crippen MR) is 110 cm³/mol. The molecule has 2 aromatic rings. The van der Waals surface area contributed by atoms with Gasteiger partial charge in [0, 0.05) is 22.7 Å². The highest BCUT2D eigenvalue weighted by Gasteiger charge is 2.36. The van der Waals surface area contributed by atoms with Gasteiger partial charge in [-0.25, -0.2) is 4.99 Å². The smallest absolute Gasteiger partial charge is 0.242 e. The summed E-state index contributed by atoms with van der Waals surface area (Å²) in [6, 6.07) is 17.0. The summed E-state index contributed by atoms with van der Waals surface area (Å²) in [5.74, 6) is -0.279. The first-order chi connectivity index (χ1) is 12.0. The second kappa shape index (κ2) is 8.01. The number of amides is 2. The number of anilines is 1. The third-order valence-electron chi connectivity index (χ3n) is 3.62. The molecule has 1 saturated heterocycles. The van der Waals surface area contributed by atoms with Crippen LogP contribution in [0.2, 0.25) is 0 Å². The lowest BCUT2D eigenvalue weighted by molar-refractivity contribution is -0.127. The molecule has 7 heteroatoms. The Labute approximate surface area is 164 Å². The highest BCUT2D eigenvalue weighted by Crippen LogP contribution is 2.30. The maximum absolute atomic E-state index is 12.4. The zero-order chi connectivity index (χ0) is 17.8. The molecule has 25 heavy (non-hydrogen) atoms. The maximum atomic E-state index is 12.4. The summed E-state index contributed by atoms with van der Waals surface area (Å²) in [4.78, 5) is 30.6. The van der Waals surface area contributed by atoms with E-state index in [2.05, 4.69) is 32.9 Å². The zero-order valence-electron chi connectivity index (χ0n) is 13.5. The van der Waals surface area contributed by atoms with E-state index in [0.29, 0.717) is 5.17 Å². The lowest BCUT2D eigenvalue weighted by Crippen LogP contribution is -2.30. The standard InChI is InChI=1S/C18H16IN3O2S/c1-22-17(24)15(11-16(23)20-13-5-3-2-4-6-13)25-18(22)21-14-9-7-12(19)8-10-14/h2-10,15H,11H2,1H3,(H,20,23). The van der Waals surface area contributed by atoms with Gasteiger partial charge in [0.2, 0.25) is 11.8 Å². The van der Waals surface area contributed by atoms with Gasteiger partial charge in [0.25, 0.3) is 0 Å². The highest BCUT2D eigenvalue weighted by atomic mass is 127. The first-order valence-corrected chi connectivity index (χ1v) is 9.62. The molecule has 0 bridgehead atoms. The SMILES string of the molecule is CN1C(=O)C(CC(=O)Nc2ccccc2)SC1=Nc1ccc(I)cc1. The van der Waals surface area contributed by atoms with Crippen LogP contribution in [0.5, 0.6) is 0 Å². The largest absolute Gasteiger partial charge is 0.326 e. The molecule has 1 aliphatic rings. The molecule has 1 atom stereocenters. The fourth-order valence-corrected chi connectivity index (χ4v) is 3.84. The van der Waals surface area contributed by atoms with Gasteiger partial charge in [-0.3, -0.25) is 14.5 Å². The van der Waals surface area contributed by atoms with E-state index in [9.17, 15) is 9.59 Å². The summed E-state index contributed by atoms with van der Waals surface area (Å²) >= 11 is 3.56. The second-order valence-electron chi connectivity index (χ2n) is 5.49. The molecule has 1 fully saturated rings. The number of thioether (sulfide) groups is 1. The number of carbonyl (C=O) groups excluding carboxylic acids is 2. The van der Waals surface area contributed by atoms with Crippen molar-refractivity contribution in [3.63, 3.8) is 0 Å². The third-order valence-corrected chi connectivity index (χ3v) is 5.57. The van der Waals surface area contributed by atoms with E-state index in [1.54, 1.807) is 7.05 Å². The maximum Gasteiger partial charge on any atom is 0.242 e. The van der Waals surface area contributed by atoms with E-state index in [0.717, 1.165) is 14.9 Å². The van der Waals surface area contributed by atoms with Crippen LogP contribution in [0.4, 0.5) is 11.4 Å². The van der Waals surface area contributed by atoms with Crippen LogP contribution in [0.1, 0.15) is 6.42 Å². The molecule has 2 amide bonds. The number of nitrogens with zero attached hydrogens (tertiary/aromatic N) is 2. The van der Waals surface area contributed by atoms with Crippen molar-refractivity contribution < 1.29 is 9.59 Å². The minimum atomic E-state index is -0.448. The Bertz CT molecular complexity index is 809. The summed E-state index contributed by atoms with van der Waals surface area (Å²) in [5, 5.41) is 2.98. The average molecular weight is 465 g/mol. The van der Waals surface area contributed by atoms with E-state index < -0.39 is 5.25 Å². The predicted octanol–water partition coefficient (Wildman–Crippen LogP) is 3.88. The molecule has 0 aromatic heterocycles. The van der Waals surface area contributed by atoms with Gasteiger partial charge in [0.1, 0.15) is 5.25 Å². The number of hydrogen-bond donors (Lipinski definition) is 1. The fraction of sp³-hybridized carbons (Fsp3) is 0.167. The van der Waals surface area contributed by atoms with Crippen molar-refractivity contribution in [1.82, 2.24) is 4.90 Å². The van der Waals surface area contributed by atoms with Gasteiger partial charge >= 0.3 is 0 Å². The van der Waals surface area contributed by atoms with Crippen molar-refractivity contribution in [3.8, 4) is 0 Å². The normalized spacial score (nSPS) is 18.6. The molecule has 3 rings (SSSR count). The van der Waals surface area contributed by atoms with Gasteiger partial charge < -0.3 is 5.32 Å². The molecule has 1 heterocycles. The number of aliphatic imine (C=N–C) groups is 1. The molecule has 1 aliphatic heterocycles. The number of carbonyl (C=O) groups is 2. The molecule has 1 N–H and O–H groups in total. The van der Waals surface area contributed by atoms with Crippen LogP contribution in [-0.2, 0) is 9.59 Å². The molecule has 0 aliphatic carbocycles. The topological polar surface area (TPSA) is 61.8 Å². The highest BCUT2D eigenvalue weighted by molar-refractivity contribution is 14.1. The lowest BCUT2D eigenvalue weighted by Gasteiger charge is -2.09. The quantitative estimate of drug-likeness (QED) is 0.698. The molecule has 2 aromatic carbocycles. The van der Waals surface area contributed by atoms with Gasteiger partial charge in [-0.15, -0.1) is 0 Å². The minimum absolute atomic E-state index is 0.0996. The summed E-state index contributed by atoms with van der Waals surface area (Å²) in [6.07, 6.45) is 0.119. The number of halogens is 1. The number of hydrogen-bond acceptors (Lipinski definition) is 4. The van der Waals surface area contributed by atoms with Crippen LogP contribution < -0.4 is 5.32 Å². The van der Waals surface area contributed by atoms with E-state index in [-0.39, 0.29) is 18.2 Å². The number of amidine groups is 1. The molecule has 128 valence electrons. The Morgan fingerprint density at radius 3 is 2.56 bits per heavy atom. The monoisotopic (exact) mass is 465 g/mol. The molecule has 1 unspecified atom stereocenters. The van der Waals surface area contributed by atoms with Gasteiger partial charge in [0.05, 0.1) is 5.69 Å². The Kier molecular flexibility index (Phi) is 5.74. The van der Waals surface area contributed by atoms with Crippen molar-refractivity contribution >= 4 is 62.7 Å². The number of rotatable bonds is 4. The number of para-hydroxylation sites is 1. The van der Waals surface area contributed by atoms with Crippen LogP contribution in [0.3, 0.4) is 0 Å².